The van der Waals surface area contributed by atoms with E-state index in [0.717, 1.165) is 22.6 Å². The molecule has 2 unspecified atom stereocenters. The minimum atomic E-state index is 0.155. The maximum absolute atomic E-state index is 5.86. The zero-order chi connectivity index (χ0) is 13.4. The number of nitrogens with zero attached hydrogens (tertiary/aromatic N) is 1. The van der Waals surface area contributed by atoms with E-state index in [1.807, 2.05) is 12.1 Å². The molecule has 2 aromatic rings. The van der Waals surface area contributed by atoms with Crippen LogP contribution in [-0.2, 0) is 17.7 Å². The van der Waals surface area contributed by atoms with Gasteiger partial charge >= 0.3 is 0 Å². The topological polar surface area (TPSA) is 48.1 Å². The summed E-state index contributed by atoms with van der Waals surface area (Å²) in [7, 11) is 0. The predicted octanol–water partition coefficient (Wildman–Crippen LogP) is 3.29. The van der Waals surface area contributed by atoms with Gasteiger partial charge in [0.15, 0.2) is 0 Å². The molecule has 0 spiro atoms. The van der Waals surface area contributed by atoms with Crippen LogP contribution in [0.4, 0.5) is 0 Å². The summed E-state index contributed by atoms with van der Waals surface area (Å²) in [5.74, 6) is 0. The maximum Gasteiger partial charge on any atom is 0.123 e. The summed E-state index contributed by atoms with van der Waals surface area (Å²) in [6.07, 6.45) is 1.32. The fourth-order valence-corrected chi connectivity index (χ4v) is 3.59. The van der Waals surface area contributed by atoms with Crippen molar-refractivity contribution in [2.24, 2.45) is 5.73 Å². The molecular weight excluding hydrogens is 256 g/mol. The summed E-state index contributed by atoms with van der Waals surface area (Å²) in [6.45, 7) is 4.77. The molecule has 4 heteroatoms. The number of hydrogen-bond acceptors (Lipinski definition) is 4. The van der Waals surface area contributed by atoms with Gasteiger partial charge in [-0.05, 0) is 25.5 Å². The highest BCUT2D eigenvalue weighted by atomic mass is 32.1. The first kappa shape index (κ1) is 12.8. The smallest absolute Gasteiger partial charge is 0.123 e. The van der Waals surface area contributed by atoms with Crippen LogP contribution in [0.25, 0.3) is 10.6 Å². The summed E-state index contributed by atoms with van der Waals surface area (Å²) in [6, 6.07) is 8.31. The number of ether oxygens (including phenoxy) is 1. The Bertz CT molecular complexity index is 594. The summed E-state index contributed by atoms with van der Waals surface area (Å²) in [4.78, 5) is 6.06. The molecule has 0 bridgehead atoms. The molecule has 1 aliphatic rings. The molecule has 0 fully saturated rings. The van der Waals surface area contributed by atoms with Crippen molar-refractivity contribution in [2.75, 3.05) is 0 Å². The third-order valence-corrected chi connectivity index (χ3v) is 4.73. The number of rotatable bonds is 2. The van der Waals surface area contributed by atoms with E-state index in [9.17, 15) is 0 Å². The lowest BCUT2D eigenvalue weighted by molar-refractivity contribution is -0.00316. The number of hydrogen-bond donors (Lipinski definition) is 1. The molecule has 2 N–H and O–H groups in total. The van der Waals surface area contributed by atoms with Crippen molar-refractivity contribution >= 4 is 11.3 Å². The summed E-state index contributed by atoms with van der Waals surface area (Å²) in [5, 5.41) is 1.07. The molecule has 19 heavy (non-hydrogen) atoms. The quantitative estimate of drug-likeness (QED) is 0.914. The van der Waals surface area contributed by atoms with Crippen LogP contribution < -0.4 is 5.73 Å². The molecule has 0 radical (unpaired) electrons. The Labute approximate surface area is 117 Å². The second-order valence-corrected chi connectivity index (χ2v) is 6.06. The number of nitrogens with two attached hydrogens (primary N) is 1. The zero-order valence-corrected chi connectivity index (χ0v) is 12.0. The van der Waals surface area contributed by atoms with Crippen molar-refractivity contribution in [2.45, 2.75) is 39.0 Å². The Morgan fingerprint density at radius 1 is 1.42 bits per heavy atom. The molecule has 0 aliphatic carbocycles. The van der Waals surface area contributed by atoms with Crippen LogP contribution in [0.1, 0.15) is 36.1 Å². The van der Waals surface area contributed by atoms with Crippen molar-refractivity contribution in [3.05, 3.63) is 40.4 Å². The molecule has 1 aliphatic heterocycles. The van der Waals surface area contributed by atoms with Gasteiger partial charge in [0.2, 0.25) is 0 Å². The number of benzene rings is 1. The zero-order valence-electron chi connectivity index (χ0n) is 11.2. The van der Waals surface area contributed by atoms with Crippen LogP contribution in [0, 0.1) is 0 Å². The Kier molecular flexibility index (Phi) is 3.39. The molecule has 2 heterocycles. The van der Waals surface area contributed by atoms with E-state index in [-0.39, 0.29) is 12.2 Å². The third kappa shape index (κ3) is 2.43. The monoisotopic (exact) mass is 274 g/mol. The minimum Gasteiger partial charge on any atom is -0.370 e. The van der Waals surface area contributed by atoms with E-state index in [0.29, 0.717) is 6.54 Å². The first-order chi connectivity index (χ1) is 9.17. The normalized spacial score (nSPS) is 22.3. The largest absolute Gasteiger partial charge is 0.370 e. The average Bonchev–Trinajstić information content (AvgIpc) is 2.83. The molecule has 0 amide bonds. The van der Waals surface area contributed by atoms with Crippen LogP contribution in [0.3, 0.4) is 0 Å². The molecule has 1 aromatic carbocycles. The molecule has 2 atom stereocenters. The molecule has 0 saturated heterocycles. The Balaban J connectivity index is 2.00. The Morgan fingerprint density at radius 3 is 3.05 bits per heavy atom. The van der Waals surface area contributed by atoms with Gasteiger partial charge < -0.3 is 10.5 Å². The molecule has 3 nitrogen and oxygen atoms in total. The molecule has 3 rings (SSSR count). The summed E-state index contributed by atoms with van der Waals surface area (Å²) < 4.78 is 5.86. The van der Waals surface area contributed by atoms with E-state index >= 15 is 0 Å². The highest BCUT2D eigenvalue weighted by Gasteiger charge is 2.26. The van der Waals surface area contributed by atoms with Gasteiger partial charge in [-0.2, -0.15) is 0 Å². The van der Waals surface area contributed by atoms with Crippen molar-refractivity contribution in [3.8, 4) is 10.6 Å². The van der Waals surface area contributed by atoms with Crippen LogP contribution in [0.5, 0.6) is 0 Å². The van der Waals surface area contributed by atoms with E-state index < -0.39 is 0 Å². The van der Waals surface area contributed by atoms with E-state index in [4.69, 9.17) is 15.5 Å². The SMILES string of the molecule is CC1Cc2nc(-c3cccc(CN)c3)sc2C(C)O1. The first-order valence-electron chi connectivity index (χ1n) is 6.62. The lowest BCUT2D eigenvalue weighted by Gasteiger charge is -2.23. The molecular formula is C15H18N2OS. The number of thiazole rings is 1. The summed E-state index contributed by atoms with van der Waals surface area (Å²) >= 11 is 1.74. The maximum atomic E-state index is 5.86. The van der Waals surface area contributed by atoms with Crippen LogP contribution in [0.2, 0.25) is 0 Å². The fourth-order valence-electron chi connectivity index (χ4n) is 2.51. The van der Waals surface area contributed by atoms with Crippen LogP contribution in [0.15, 0.2) is 24.3 Å². The first-order valence-corrected chi connectivity index (χ1v) is 7.43. The van der Waals surface area contributed by atoms with Crippen molar-refractivity contribution < 1.29 is 4.74 Å². The number of aromatic nitrogens is 1. The van der Waals surface area contributed by atoms with Crippen molar-refractivity contribution in [3.63, 3.8) is 0 Å². The van der Waals surface area contributed by atoms with Crippen LogP contribution in [-0.4, -0.2) is 11.1 Å². The van der Waals surface area contributed by atoms with Crippen LogP contribution >= 0.6 is 11.3 Å². The standard InChI is InChI=1S/C15H18N2OS/c1-9-6-13-14(10(2)18-9)19-15(17-13)12-5-3-4-11(7-12)8-16/h3-5,7,9-10H,6,8,16H2,1-2H3. The second-order valence-electron chi connectivity index (χ2n) is 5.03. The average molecular weight is 274 g/mol. The van der Waals surface area contributed by atoms with E-state index in [1.54, 1.807) is 11.3 Å². The lowest BCUT2D eigenvalue weighted by Crippen LogP contribution is -2.20. The van der Waals surface area contributed by atoms with Crippen molar-refractivity contribution in [1.82, 2.24) is 4.98 Å². The minimum absolute atomic E-state index is 0.155. The Hall–Kier alpha value is -1.23. The fraction of sp³-hybridized carbons (Fsp3) is 0.400. The van der Waals surface area contributed by atoms with Crippen molar-refractivity contribution in [1.29, 1.82) is 0 Å². The van der Waals surface area contributed by atoms with Gasteiger partial charge in [-0.1, -0.05) is 18.2 Å². The summed E-state index contributed by atoms with van der Waals surface area (Å²) in [5.41, 5.74) is 9.19. The van der Waals surface area contributed by atoms with Gasteiger partial charge in [-0.3, -0.25) is 0 Å². The predicted molar refractivity (Wildman–Crippen MR) is 78.1 cm³/mol. The van der Waals surface area contributed by atoms with E-state index in [1.165, 1.54) is 10.6 Å². The Morgan fingerprint density at radius 2 is 2.26 bits per heavy atom. The third-order valence-electron chi connectivity index (χ3n) is 3.42. The lowest BCUT2D eigenvalue weighted by atomic mass is 10.1. The molecule has 100 valence electrons. The second kappa shape index (κ2) is 5.04. The van der Waals surface area contributed by atoms with E-state index in [2.05, 4.69) is 26.0 Å². The van der Waals surface area contributed by atoms with Gasteiger partial charge in [-0.15, -0.1) is 11.3 Å². The van der Waals surface area contributed by atoms with Gasteiger partial charge in [-0.25, -0.2) is 4.98 Å². The molecule has 0 saturated carbocycles. The van der Waals surface area contributed by atoms with Gasteiger partial charge in [0.1, 0.15) is 5.01 Å². The molecule has 1 aromatic heterocycles. The van der Waals surface area contributed by atoms with Gasteiger partial charge in [0.25, 0.3) is 0 Å². The number of fused-ring (bicyclic) bond motifs is 1. The van der Waals surface area contributed by atoms with Gasteiger partial charge in [0, 0.05) is 18.5 Å². The highest BCUT2D eigenvalue weighted by molar-refractivity contribution is 7.15. The highest BCUT2D eigenvalue weighted by Crippen LogP contribution is 2.37. The van der Waals surface area contributed by atoms with Gasteiger partial charge in [0.05, 0.1) is 22.8 Å².